The van der Waals surface area contributed by atoms with Gasteiger partial charge in [0.25, 0.3) is 0 Å². The van der Waals surface area contributed by atoms with Gasteiger partial charge in [-0.2, -0.15) is 0 Å². The van der Waals surface area contributed by atoms with E-state index in [4.69, 9.17) is 10.9 Å². The lowest BCUT2D eigenvalue weighted by atomic mass is 10.2. The van der Waals surface area contributed by atoms with Gasteiger partial charge >= 0.3 is 0 Å². The molecule has 5 heteroatoms. The first-order valence-electron chi connectivity index (χ1n) is 4.97. The Morgan fingerprint density at radius 1 is 1.71 bits per heavy atom. The molecular formula is C9H17N3O2. The third-order valence-corrected chi connectivity index (χ3v) is 2.49. The Balaban J connectivity index is 2.64. The fraction of sp³-hybridized carbons (Fsp3) is 0.778. The van der Waals surface area contributed by atoms with Crippen molar-refractivity contribution in [2.24, 2.45) is 10.9 Å². The topological polar surface area (TPSA) is 78.9 Å². The van der Waals surface area contributed by atoms with Crippen molar-refractivity contribution in [3.63, 3.8) is 0 Å². The Kier molecular flexibility index (Phi) is 3.73. The summed E-state index contributed by atoms with van der Waals surface area (Å²) in [6.45, 7) is 2.69. The van der Waals surface area contributed by atoms with E-state index in [1.807, 2.05) is 6.92 Å². The molecule has 1 fully saturated rings. The maximum atomic E-state index is 11.6. The fourth-order valence-corrected chi connectivity index (χ4v) is 1.80. The monoisotopic (exact) mass is 199 g/mol. The molecule has 1 saturated heterocycles. The van der Waals surface area contributed by atoms with Gasteiger partial charge in [-0.05, 0) is 19.3 Å². The first kappa shape index (κ1) is 10.8. The third kappa shape index (κ3) is 2.16. The van der Waals surface area contributed by atoms with Crippen LogP contribution in [0.3, 0.4) is 0 Å². The van der Waals surface area contributed by atoms with Gasteiger partial charge in [0.15, 0.2) is 5.84 Å². The van der Waals surface area contributed by atoms with Gasteiger partial charge in [-0.15, -0.1) is 0 Å². The standard InChI is InChI=1S/C9H17N3O2/c1-2-4-8(13)12-6-3-5-7(12)9(10)11-14/h7,14H,2-6H2,1H3,(H2,10,11). The number of likely N-dealkylation sites (tertiary alicyclic amines) is 1. The molecule has 0 aliphatic carbocycles. The number of nitrogens with zero attached hydrogens (tertiary/aromatic N) is 2. The number of hydrogen-bond acceptors (Lipinski definition) is 3. The second-order valence-electron chi connectivity index (χ2n) is 3.52. The number of carbonyl (C=O) groups is 1. The maximum Gasteiger partial charge on any atom is 0.223 e. The van der Waals surface area contributed by atoms with E-state index in [-0.39, 0.29) is 17.8 Å². The van der Waals surface area contributed by atoms with Crippen LogP contribution in [-0.2, 0) is 4.79 Å². The van der Waals surface area contributed by atoms with E-state index in [0.29, 0.717) is 6.42 Å². The average molecular weight is 199 g/mol. The van der Waals surface area contributed by atoms with Crippen LogP contribution < -0.4 is 5.73 Å². The Morgan fingerprint density at radius 3 is 3.00 bits per heavy atom. The van der Waals surface area contributed by atoms with Gasteiger partial charge in [0.2, 0.25) is 5.91 Å². The Hall–Kier alpha value is -1.26. The molecule has 0 saturated carbocycles. The van der Waals surface area contributed by atoms with E-state index in [2.05, 4.69) is 5.16 Å². The van der Waals surface area contributed by atoms with Crippen LogP contribution in [0.1, 0.15) is 32.6 Å². The van der Waals surface area contributed by atoms with Crippen LogP contribution in [0, 0.1) is 0 Å². The highest BCUT2D eigenvalue weighted by atomic mass is 16.4. The van der Waals surface area contributed by atoms with Crippen molar-refractivity contribution >= 4 is 11.7 Å². The molecule has 0 radical (unpaired) electrons. The van der Waals surface area contributed by atoms with Crippen molar-refractivity contribution in [1.29, 1.82) is 0 Å². The molecule has 1 atom stereocenters. The predicted octanol–water partition coefficient (Wildman–Crippen LogP) is 0.524. The lowest BCUT2D eigenvalue weighted by Crippen LogP contribution is -2.43. The summed E-state index contributed by atoms with van der Waals surface area (Å²) < 4.78 is 0. The molecule has 3 N–H and O–H groups in total. The lowest BCUT2D eigenvalue weighted by Gasteiger charge is -2.23. The summed E-state index contributed by atoms with van der Waals surface area (Å²) >= 11 is 0. The number of amides is 1. The molecule has 1 unspecified atom stereocenters. The molecule has 14 heavy (non-hydrogen) atoms. The van der Waals surface area contributed by atoms with Gasteiger partial charge in [0.1, 0.15) is 0 Å². The summed E-state index contributed by atoms with van der Waals surface area (Å²) in [7, 11) is 0. The van der Waals surface area contributed by atoms with Crippen LogP contribution in [0.15, 0.2) is 5.16 Å². The minimum atomic E-state index is -0.195. The van der Waals surface area contributed by atoms with Crippen molar-refractivity contribution in [2.45, 2.75) is 38.6 Å². The fourth-order valence-electron chi connectivity index (χ4n) is 1.80. The van der Waals surface area contributed by atoms with E-state index in [1.165, 1.54) is 0 Å². The molecule has 0 aromatic carbocycles. The normalized spacial score (nSPS) is 22.8. The largest absolute Gasteiger partial charge is 0.409 e. The summed E-state index contributed by atoms with van der Waals surface area (Å²) in [6, 6.07) is -0.195. The maximum absolute atomic E-state index is 11.6. The number of amidine groups is 1. The van der Waals surface area contributed by atoms with Crippen molar-refractivity contribution < 1.29 is 10.0 Å². The van der Waals surface area contributed by atoms with Crippen LogP contribution in [-0.4, -0.2) is 34.4 Å². The molecule has 0 aromatic heterocycles. The van der Waals surface area contributed by atoms with Crippen molar-refractivity contribution in [3.8, 4) is 0 Å². The van der Waals surface area contributed by atoms with Crippen molar-refractivity contribution in [1.82, 2.24) is 4.90 Å². The zero-order valence-electron chi connectivity index (χ0n) is 8.44. The predicted molar refractivity (Wildman–Crippen MR) is 53.1 cm³/mol. The minimum absolute atomic E-state index is 0.0987. The number of nitrogens with two attached hydrogens (primary N) is 1. The van der Waals surface area contributed by atoms with Crippen LogP contribution in [0.5, 0.6) is 0 Å². The number of carbonyl (C=O) groups excluding carboxylic acids is 1. The molecule has 5 nitrogen and oxygen atoms in total. The van der Waals surface area contributed by atoms with E-state index in [1.54, 1.807) is 4.90 Å². The zero-order chi connectivity index (χ0) is 10.6. The summed E-state index contributed by atoms with van der Waals surface area (Å²) in [5, 5.41) is 11.5. The van der Waals surface area contributed by atoms with Crippen LogP contribution >= 0.6 is 0 Å². The molecule has 1 aliphatic rings. The Bertz CT molecular complexity index is 240. The first-order chi connectivity index (χ1) is 6.70. The second-order valence-corrected chi connectivity index (χ2v) is 3.52. The summed E-state index contributed by atoms with van der Waals surface area (Å²) in [5.74, 6) is 0.244. The van der Waals surface area contributed by atoms with E-state index in [9.17, 15) is 4.79 Å². The molecule has 0 bridgehead atoms. The molecule has 0 spiro atoms. The van der Waals surface area contributed by atoms with Crippen LogP contribution in [0.4, 0.5) is 0 Å². The molecule has 1 heterocycles. The van der Waals surface area contributed by atoms with E-state index >= 15 is 0 Å². The summed E-state index contributed by atoms with van der Waals surface area (Å²) in [5.41, 5.74) is 5.51. The quantitative estimate of drug-likeness (QED) is 0.301. The number of hydrogen-bond donors (Lipinski definition) is 2. The highest BCUT2D eigenvalue weighted by molar-refractivity contribution is 5.90. The van der Waals surface area contributed by atoms with E-state index in [0.717, 1.165) is 25.8 Å². The second kappa shape index (κ2) is 4.83. The van der Waals surface area contributed by atoms with Gasteiger partial charge in [-0.3, -0.25) is 4.79 Å². The van der Waals surface area contributed by atoms with Gasteiger partial charge in [0, 0.05) is 13.0 Å². The number of oxime groups is 1. The average Bonchev–Trinajstić information content (AvgIpc) is 2.65. The molecule has 1 aliphatic heterocycles. The van der Waals surface area contributed by atoms with Gasteiger partial charge in [-0.25, -0.2) is 0 Å². The SMILES string of the molecule is CCCC(=O)N1CCCC1C(N)=NO. The molecule has 80 valence electrons. The molecule has 1 amide bonds. The highest BCUT2D eigenvalue weighted by Crippen LogP contribution is 2.18. The van der Waals surface area contributed by atoms with Crippen LogP contribution in [0.2, 0.25) is 0 Å². The van der Waals surface area contributed by atoms with E-state index < -0.39 is 0 Å². The minimum Gasteiger partial charge on any atom is -0.409 e. The Morgan fingerprint density at radius 2 is 2.43 bits per heavy atom. The van der Waals surface area contributed by atoms with Gasteiger partial charge in [-0.1, -0.05) is 12.1 Å². The Labute approximate surface area is 83.6 Å². The first-order valence-corrected chi connectivity index (χ1v) is 4.97. The highest BCUT2D eigenvalue weighted by Gasteiger charge is 2.30. The molecular weight excluding hydrogens is 182 g/mol. The van der Waals surface area contributed by atoms with Gasteiger partial charge < -0.3 is 15.8 Å². The lowest BCUT2D eigenvalue weighted by molar-refractivity contribution is -0.131. The van der Waals surface area contributed by atoms with Crippen LogP contribution in [0.25, 0.3) is 0 Å². The van der Waals surface area contributed by atoms with Crippen molar-refractivity contribution in [3.05, 3.63) is 0 Å². The molecule has 1 rings (SSSR count). The number of rotatable bonds is 3. The third-order valence-electron chi connectivity index (χ3n) is 2.49. The summed E-state index contributed by atoms with van der Waals surface area (Å²) in [4.78, 5) is 13.3. The zero-order valence-corrected chi connectivity index (χ0v) is 8.44. The smallest absolute Gasteiger partial charge is 0.223 e. The van der Waals surface area contributed by atoms with Crippen molar-refractivity contribution in [2.75, 3.05) is 6.54 Å². The van der Waals surface area contributed by atoms with Gasteiger partial charge in [0.05, 0.1) is 6.04 Å². The summed E-state index contributed by atoms with van der Waals surface area (Å²) in [6.07, 6.45) is 3.09. The molecule has 0 aromatic rings.